The van der Waals surface area contributed by atoms with Gasteiger partial charge in [-0.1, -0.05) is 43.3 Å². The van der Waals surface area contributed by atoms with Gasteiger partial charge >= 0.3 is 5.91 Å². The molecule has 0 saturated carbocycles. The van der Waals surface area contributed by atoms with Crippen LogP contribution in [0.5, 0.6) is 0 Å². The maximum absolute atomic E-state index is 13.4. The molecule has 0 aliphatic carbocycles. The second-order valence-corrected chi connectivity index (χ2v) is 7.79. The summed E-state index contributed by atoms with van der Waals surface area (Å²) in [6, 6.07) is 13.2. The highest BCUT2D eigenvalue weighted by Crippen LogP contribution is 2.42. The number of anilines is 1. The number of halogens is 1. The fraction of sp³-hybridized carbons (Fsp3) is 0.208. The number of hydrogen-bond donors (Lipinski definition) is 1. The van der Waals surface area contributed by atoms with Gasteiger partial charge in [0.25, 0.3) is 5.78 Å². The molecule has 2 heterocycles. The normalized spacial score (nSPS) is 18.2. The van der Waals surface area contributed by atoms with Crippen LogP contribution < -0.4 is 4.90 Å². The van der Waals surface area contributed by atoms with Crippen LogP contribution in [-0.2, 0) is 9.59 Å². The molecule has 0 bridgehead atoms. The Balaban J connectivity index is 1.91. The standard InChI is InChI=1S/C24H21FN2O4/c1-13(2)15-4-6-16(7-5-15)21-20(22(28)17-8-10-18(25)11-9-17)23(29)24(30)27(21)19-12-14(3)31-26-19/h4-13,21,28H,1-3H3/t21-/m1/s1. The smallest absolute Gasteiger partial charge is 0.301 e. The minimum Gasteiger partial charge on any atom is -0.507 e. The minimum absolute atomic E-state index is 0.0884. The molecule has 7 heteroatoms. The molecular formula is C24H21FN2O4. The van der Waals surface area contributed by atoms with Crippen molar-refractivity contribution in [1.29, 1.82) is 0 Å². The third-order valence-electron chi connectivity index (χ3n) is 5.34. The van der Waals surface area contributed by atoms with Gasteiger partial charge in [0.05, 0.1) is 11.6 Å². The first-order chi connectivity index (χ1) is 14.8. The van der Waals surface area contributed by atoms with Gasteiger partial charge in [-0.3, -0.25) is 14.5 Å². The quantitative estimate of drug-likeness (QED) is 0.370. The van der Waals surface area contributed by atoms with Gasteiger partial charge in [-0.05, 0) is 48.2 Å². The molecule has 31 heavy (non-hydrogen) atoms. The molecule has 1 atom stereocenters. The number of aliphatic hydroxyl groups is 1. The highest BCUT2D eigenvalue weighted by molar-refractivity contribution is 6.51. The lowest BCUT2D eigenvalue weighted by Gasteiger charge is -2.23. The number of carbonyl (C=O) groups is 2. The number of ketones is 1. The molecule has 1 aromatic heterocycles. The van der Waals surface area contributed by atoms with Crippen LogP contribution in [0.2, 0.25) is 0 Å². The Morgan fingerprint density at radius 1 is 1.10 bits per heavy atom. The van der Waals surface area contributed by atoms with Crippen LogP contribution in [0.25, 0.3) is 5.76 Å². The summed E-state index contributed by atoms with van der Waals surface area (Å²) in [5.74, 6) is -1.57. The SMILES string of the molecule is Cc1cc(N2C(=O)C(=O)C(=C(O)c3ccc(F)cc3)[C@H]2c2ccc(C(C)C)cc2)no1. The van der Waals surface area contributed by atoms with E-state index in [9.17, 15) is 19.1 Å². The van der Waals surface area contributed by atoms with Crippen LogP contribution in [0.4, 0.5) is 10.2 Å². The van der Waals surface area contributed by atoms with E-state index in [2.05, 4.69) is 19.0 Å². The highest BCUT2D eigenvalue weighted by atomic mass is 19.1. The van der Waals surface area contributed by atoms with E-state index < -0.39 is 23.5 Å². The third-order valence-corrected chi connectivity index (χ3v) is 5.34. The summed E-state index contributed by atoms with van der Waals surface area (Å²) in [7, 11) is 0. The van der Waals surface area contributed by atoms with Gasteiger partial charge in [-0.15, -0.1) is 0 Å². The Morgan fingerprint density at radius 3 is 2.29 bits per heavy atom. The van der Waals surface area contributed by atoms with Gasteiger partial charge in [0, 0.05) is 11.6 Å². The molecule has 0 spiro atoms. The van der Waals surface area contributed by atoms with Crippen molar-refractivity contribution >= 4 is 23.3 Å². The number of aromatic nitrogens is 1. The van der Waals surface area contributed by atoms with E-state index in [1.54, 1.807) is 13.0 Å². The van der Waals surface area contributed by atoms with E-state index >= 15 is 0 Å². The zero-order valence-electron chi connectivity index (χ0n) is 17.3. The maximum atomic E-state index is 13.4. The molecule has 1 N–H and O–H groups in total. The minimum atomic E-state index is -0.907. The van der Waals surface area contributed by atoms with Crippen LogP contribution >= 0.6 is 0 Å². The molecular weight excluding hydrogens is 399 g/mol. The number of rotatable bonds is 4. The molecule has 1 saturated heterocycles. The lowest BCUT2D eigenvalue weighted by molar-refractivity contribution is -0.132. The third kappa shape index (κ3) is 3.63. The molecule has 2 aromatic carbocycles. The molecule has 4 rings (SSSR count). The van der Waals surface area contributed by atoms with Crippen molar-refractivity contribution in [3.63, 3.8) is 0 Å². The van der Waals surface area contributed by atoms with Crippen molar-refractivity contribution in [3.8, 4) is 0 Å². The molecule has 0 radical (unpaired) electrons. The Bertz CT molecular complexity index is 1180. The average Bonchev–Trinajstić information content (AvgIpc) is 3.29. The fourth-order valence-corrected chi connectivity index (χ4v) is 3.68. The summed E-state index contributed by atoms with van der Waals surface area (Å²) in [5.41, 5.74) is 1.87. The molecule has 6 nitrogen and oxygen atoms in total. The number of aryl methyl sites for hydroxylation is 1. The summed E-state index contributed by atoms with van der Waals surface area (Å²) in [5, 5.41) is 14.9. The Morgan fingerprint density at radius 2 is 1.74 bits per heavy atom. The van der Waals surface area contributed by atoms with Crippen molar-refractivity contribution in [2.45, 2.75) is 32.7 Å². The molecule has 3 aromatic rings. The topological polar surface area (TPSA) is 83.6 Å². The lowest BCUT2D eigenvalue weighted by atomic mass is 9.93. The van der Waals surface area contributed by atoms with Crippen LogP contribution in [0.15, 0.2) is 64.7 Å². The number of nitrogens with zero attached hydrogens (tertiary/aromatic N) is 2. The Labute approximate surface area is 178 Å². The number of carbonyl (C=O) groups excluding carboxylic acids is 2. The first-order valence-electron chi connectivity index (χ1n) is 9.88. The largest absolute Gasteiger partial charge is 0.507 e. The molecule has 1 fully saturated rings. The fourth-order valence-electron chi connectivity index (χ4n) is 3.68. The van der Waals surface area contributed by atoms with Gasteiger partial charge < -0.3 is 9.63 Å². The summed E-state index contributed by atoms with van der Waals surface area (Å²) >= 11 is 0. The van der Waals surface area contributed by atoms with Crippen molar-refractivity contribution in [1.82, 2.24) is 5.16 Å². The van der Waals surface area contributed by atoms with Crippen LogP contribution in [0, 0.1) is 12.7 Å². The predicted molar refractivity (Wildman–Crippen MR) is 113 cm³/mol. The number of benzene rings is 2. The number of Topliss-reactive ketones (excluding diaryl/α,β-unsaturated/α-hetero) is 1. The number of aliphatic hydroxyl groups excluding tert-OH is 1. The first-order valence-corrected chi connectivity index (χ1v) is 9.88. The van der Waals surface area contributed by atoms with Crippen LogP contribution in [0.1, 0.15) is 48.3 Å². The number of hydrogen-bond acceptors (Lipinski definition) is 5. The molecule has 1 aliphatic rings. The maximum Gasteiger partial charge on any atom is 0.301 e. The van der Waals surface area contributed by atoms with E-state index in [0.29, 0.717) is 17.2 Å². The van der Waals surface area contributed by atoms with E-state index in [0.717, 1.165) is 5.56 Å². The van der Waals surface area contributed by atoms with Gasteiger partial charge in [0.2, 0.25) is 0 Å². The second-order valence-electron chi connectivity index (χ2n) is 7.79. The van der Waals surface area contributed by atoms with Gasteiger partial charge in [0.1, 0.15) is 17.3 Å². The average molecular weight is 420 g/mol. The van der Waals surface area contributed by atoms with Crippen LogP contribution in [0.3, 0.4) is 0 Å². The van der Waals surface area contributed by atoms with Crippen molar-refractivity contribution < 1.29 is 23.6 Å². The molecule has 0 unspecified atom stereocenters. The summed E-state index contributed by atoms with van der Waals surface area (Å²) in [6.07, 6.45) is 0. The van der Waals surface area contributed by atoms with Crippen molar-refractivity contribution in [3.05, 3.63) is 88.4 Å². The van der Waals surface area contributed by atoms with Crippen molar-refractivity contribution in [2.75, 3.05) is 4.90 Å². The molecule has 1 aliphatic heterocycles. The number of amides is 1. The van der Waals surface area contributed by atoms with Gasteiger partial charge in [0.15, 0.2) is 5.82 Å². The summed E-state index contributed by atoms with van der Waals surface area (Å²) in [4.78, 5) is 27.2. The summed E-state index contributed by atoms with van der Waals surface area (Å²) < 4.78 is 18.5. The predicted octanol–water partition coefficient (Wildman–Crippen LogP) is 4.87. The zero-order valence-corrected chi connectivity index (χ0v) is 17.3. The zero-order chi connectivity index (χ0) is 22.3. The molecule has 1 amide bonds. The summed E-state index contributed by atoms with van der Waals surface area (Å²) in [6.45, 7) is 5.81. The highest BCUT2D eigenvalue weighted by Gasteiger charge is 2.48. The van der Waals surface area contributed by atoms with Gasteiger partial charge in [-0.25, -0.2) is 4.39 Å². The lowest BCUT2D eigenvalue weighted by Crippen LogP contribution is -2.29. The van der Waals surface area contributed by atoms with E-state index in [1.165, 1.54) is 29.2 Å². The Kier molecular flexibility index (Phi) is 5.19. The second kappa shape index (κ2) is 7.83. The molecule has 158 valence electrons. The van der Waals surface area contributed by atoms with E-state index in [1.807, 2.05) is 24.3 Å². The Hall–Kier alpha value is -3.74. The van der Waals surface area contributed by atoms with Crippen molar-refractivity contribution in [2.24, 2.45) is 0 Å². The van der Waals surface area contributed by atoms with E-state index in [4.69, 9.17) is 4.52 Å². The first kappa shape index (κ1) is 20.5. The van der Waals surface area contributed by atoms with Gasteiger partial charge in [-0.2, -0.15) is 0 Å². The van der Waals surface area contributed by atoms with E-state index in [-0.39, 0.29) is 22.7 Å². The monoisotopic (exact) mass is 420 g/mol. The van der Waals surface area contributed by atoms with Crippen LogP contribution in [-0.4, -0.2) is 22.0 Å².